The van der Waals surface area contributed by atoms with Crippen LogP contribution in [0, 0.1) is 5.82 Å². The Morgan fingerprint density at radius 3 is 2.75 bits per heavy atom. The summed E-state index contributed by atoms with van der Waals surface area (Å²) >= 11 is 0. The molecule has 1 atom stereocenters. The molecule has 1 N–H and O–H groups in total. The van der Waals surface area contributed by atoms with Crippen LogP contribution in [0.4, 0.5) is 4.39 Å². The molecule has 0 bridgehead atoms. The zero-order chi connectivity index (χ0) is 17.5. The van der Waals surface area contributed by atoms with Gasteiger partial charge >= 0.3 is 0 Å². The second-order valence-corrected chi connectivity index (χ2v) is 5.35. The van der Waals surface area contributed by atoms with Crippen LogP contribution in [0.5, 0.6) is 5.75 Å². The van der Waals surface area contributed by atoms with Crippen LogP contribution >= 0.6 is 0 Å². The Morgan fingerprint density at radius 2 is 2.08 bits per heavy atom. The van der Waals surface area contributed by atoms with E-state index in [0.717, 1.165) is 6.20 Å². The number of carbonyl (C=O) groups excluding carboxylic acids is 2. The fourth-order valence-corrected chi connectivity index (χ4v) is 2.06. The molecule has 5 nitrogen and oxygen atoms in total. The summed E-state index contributed by atoms with van der Waals surface area (Å²) < 4.78 is 18.3. The molecule has 0 saturated heterocycles. The number of benzene rings is 1. The number of rotatable bonds is 7. The largest absolute Gasteiger partial charge is 0.481 e. The minimum Gasteiger partial charge on any atom is -0.481 e. The quantitative estimate of drug-likeness (QED) is 0.792. The first kappa shape index (κ1) is 17.6. The molecule has 0 aliphatic heterocycles. The lowest BCUT2D eigenvalue weighted by Gasteiger charge is -2.15. The van der Waals surface area contributed by atoms with Gasteiger partial charge in [-0.2, -0.15) is 0 Å². The molecule has 6 heteroatoms. The van der Waals surface area contributed by atoms with Gasteiger partial charge in [0.25, 0.3) is 5.91 Å². The third-order valence-corrected chi connectivity index (χ3v) is 3.39. The number of amides is 1. The number of hydrogen-bond acceptors (Lipinski definition) is 4. The van der Waals surface area contributed by atoms with Crippen LogP contribution in [0.3, 0.4) is 0 Å². The van der Waals surface area contributed by atoms with Crippen molar-refractivity contribution >= 4 is 11.7 Å². The van der Waals surface area contributed by atoms with Gasteiger partial charge in [0.2, 0.25) is 0 Å². The van der Waals surface area contributed by atoms with E-state index < -0.39 is 11.9 Å². The highest BCUT2D eigenvalue weighted by Gasteiger charge is 2.14. The Hall–Kier alpha value is -2.76. The predicted molar refractivity (Wildman–Crippen MR) is 87.4 cm³/mol. The highest BCUT2D eigenvalue weighted by atomic mass is 19.1. The zero-order valence-corrected chi connectivity index (χ0v) is 13.6. The summed E-state index contributed by atoms with van der Waals surface area (Å²) in [5.74, 6) is -0.266. The summed E-state index contributed by atoms with van der Waals surface area (Å²) in [4.78, 5) is 27.3. The number of aromatic nitrogens is 1. The molecule has 2 rings (SSSR count). The average Bonchev–Trinajstić information content (AvgIpc) is 2.56. The maximum absolute atomic E-state index is 12.8. The van der Waals surface area contributed by atoms with Crippen LogP contribution in [0.15, 0.2) is 42.6 Å². The zero-order valence-electron chi connectivity index (χ0n) is 13.6. The van der Waals surface area contributed by atoms with Gasteiger partial charge < -0.3 is 10.1 Å². The van der Waals surface area contributed by atoms with Crippen LogP contribution in [0.1, 0.15) is 29.9 Å². The smallest absolute Gasteiger partial charge is 0.260 e. The number of ketones is 1. The SMILES string of the molecule is CC(=O)c1cccc(O[C@@H](C)C(=O)NCCc2ccc(F)cn2)c1. The molecule has 0 fully saturated rings. The van der Waals surface area contributed by atoms with E-state index in [1.165, 1.54) is 13.0 Å². The van der Waals surface area contributed by atoms with Crippen molar-refractivity contribution in [1.82, 2.24) is 10.3 Å². The van der Waals surface area contributed by atoms with Crippen LogP contribution in [0.2, 0.25) is 0 Å². The molecule has 1 amide bonds. The maximum Gasteiger partial charge on any atom is 0.260 e. The number of nitrogens with zero attached hydrogens (tertiary/aromatic N) is 1. The minimum absolute atomic E-state index is 0.0654. The Balaban J connectivity index is 1.82. The minimum atomic E-state index is -0.701. The summed E-state index contributed by atoms with van der Waals surface area (Å²) in [6.45, 7) is 3.48. The Bertz CT molecular complexity index is 716. The van der Waals surface area contributed by atoms with Crippen molar-refractivity contribution < 1.29 is 18.7 Å². The van der Waals surface area contributed by atoms with E-state index in [1.807, 2.05) is 0 Å². The fraction of sp³-hybridized carbons (Fsp3) is 0.278. The Labute approximate surface area is 139 Å². The number of hydrogen-bond donors (Lipinski definition) is 1. The van der Waals surface area contributed by atoms with Gasteiger partial charge in [-0.15, -0.1) is 0 Å². The van der Waals surface area contributed by atoms with E-state index in [0.29, 0.717) is 30.0 Å². The topological polar surface area (TPSA) is 68.3 Å². The monoisotopic (exact) mass is 330 g/mol. The molecule has 24 heavy (non-hydrogen) atoms. The highest BCUT2D eigenvalue weighted by Crippen LogP contribution is 2.15. The van der Waals surface area contributed by atoms with Gasteiger partial charge in [0.1, 0.15) is 11.6 Å². The van der Waals surface area contributed by atoms with Crippen molar-refractivity contribution in [3.8, 4) is 5.75 Å². The van der Waals surface area contributed by atoms with Crippen molar-refractivity contribution in [2.24, 2.45) is 0 Å². The summed E-state index contributed by atoms with van der Waals surface area (Å²) in [5.41, 5.74) is 1.22. The first-order valence-electron chi connectivity index (χ1n) is 7.61. The number of halogens is 1. The standard InChI is InChI=1S/C18H19FN2O3/c1-12(22)14-4-3-5-17(10-14)24-13(2)18(23)20-9-8-16-7-6-15(19)11-21-16/h3-7,10-11,13H,8-9H2,1-2H3,(H,20,23)/t13-/m0/s1. The molecule has 0 aliphatic carbocycles. The van der Waals surface area contributed by atoms with E-state index >= 15 is 0 Å². The average molecular weight is 330 g/mol. The second kappa shape index (κ2) is 8.19. The van der Waals surface area contributed by atoms with Gasteiger partial charge in [0.15, 0.2) is 11.9 Å². The number of Topliss-reactive ketones (excluding diaryl/α,β-unsaturated/α-hetero) is 1. The Kier molecular flexibility index (Phi) is 6.01. The lowest BCUT2D eigenvalue weighted by Crippen LogP contribution is -2.37. The van der Waals surface area contributed by atoms with Gasteiger partial charge in [-0.1, -0.05) is 12.1 Å². The van der Waals surface area contributed by atoms with Crippen molar-refractivity contribution in [1.29, 1.82) is 0 Å². The Morgan fingerprint density at radius 1 is 1.29 bits per heavy atom. The third kappa shape index (κ3) is 5.15. The fourth-order valence-electron chi connectivity index (χ4n) is 2.06. The first-order chi connectivity index (χ1) is 11.5. The van der Waals surface area contributed by atoms with Gasteiger partial charge in [-0.3, -0.25) is 14.6 Å². The van der Waals surface area contributed by atoms with Crippen LogP contribution < -0.4 is 10.1 Å². The highest BCUT2D eigenvalue weighted by molar-refractivity contribution is 5.94. The lowest BCUT2D eigenvalue weighted by atomic mass is 10.1. The molecule has 0 unspecified atom stereocenters. The van der Waals surface area contributed by atoms with Crippen molar-refractivity contribution in [2.75, 3.05) is 6.54 Å². The second-order valence-electron chi connectivity index (χ2n) is 5.35. The number of pyridine rings is 1. The summed E-state index contributed by atoms with van der Waals surface area (Å²) in [7, 11) is 0. The summed E-state index contributed by atoms with van der Waals surface area (Å²) in [5, 5.41) is 2.74. The van der Waals surface area contributed by atoms with Crippen LogP contribution in [0.25, 0.3) is 0 Å². The third-order valence-electron chi connectivity index (χ3n) is 3.39. The molecule has 0 spiro atoms. The molecule has 0 saturated carbocycles. The van der Waals surface area contributed by atoms with Crippen molar-refractivity contribution in [3.05, 3.63) is 59.7 Å². The first-order valence-corrected chi connectivity index (χ1v) is 7.61. The summed E-state index contributed by atoms with van der Waals surface area (Å²) in [6, 6.07) is 9.60. The molecule has 0 aliphatic rings. The number of carbonyl (C=O) groups is 2. The normalized spacial score (nSPS) is 11.6. The summed E-state index contributed by atoms with van der Waals surface area (Å²) in [6.07, 6.45) is 0.942. The molecule has 0 radical (unpaired) electrons. The van der Waals surface area contributed by atoms with E-state index in [2.05, 4.69) is 10.3 Å². The molecule has 1 aromatic carbocycles. The number of nitrogens with one attached hydrogen (secondary N) is 1. The van der Waals surface area contributed by atoms with Crippen LogP contribution in [-0.2, 0) is 11.2 Å². The van der Waals surface area contributed by atoms with E-state index in [-0.39, 0.29) is 11.7 Å². The number of ether oxygens (including phenoxy) is 1. The molecule has 1 aromatic heterocycles. The van der Waals surface area contributed by atoms with Gasteiger partial charge in [-0.25, -0.2) is 4.39 Å². The lowest BCUT2D eigenvalue weighted by molar-refractivity contribution is -0.127. The van der Waals surface area contributed by atoms with E-state index in [4.69, 9.17) is 4.74 Å². The molecule has 1 heterocycles. The van der Waals surface area contributed by atoms with E-state index in [9.17, 15) is 14.0 Å². The van der Waals surface area contributed by atoms with Crippen molar-refractivity contribution in [3.63, 3.8) is 0 Å². The molecule has 2 aromatic rings. The van der Waals surface area contributed by atoms with E-state index in [1.54, 1.807) is 37.3 Å². The van der Waals surface area contributed by atoms with Gasteiger partial charge in [-0.05, 0) is 38.1 Å². The molecular formula is C18H19FN2O3. The molecular weight excluding hydrogens is 311 g/mol. The van der Waals surface area contributed by atoms with Crippen LogP contribution in [-0.4, -0.2) is 29.3 Å². The van der Waals surface area contributed by atoms with Gasteiger partial charge in [0.05, 0.1) is 6.20 Å². The van der Waals surface area contributed by atoms with Crippen molar-refractivity contribution in [2.45, 2.75) is 26.4 Å². The predicted octanol–water partition coefficient (Wildman–Crippen LogP) is 2.55. The maximum atomic E-state index is 12.8. The van der Waals surface area contributed by atoms with Gasteiger partial charge in [0, 0.05) is 24.2 Å². The molecule has 126 valence electrons.